The molecule has 0 aromatic heterocycles. The molecule has 0 heterocycles. The van der Waals surface area contributed by atoms with E-state index in [1.807, 2.05) is 6.08 Å². The zero-order chi connectivity index (χ0) is 11.5. The highest BCUT2D eigenvalue weighted by atomic mass is 32.2. The molecule has 0 spiro atoms. The fourth-order valence-corrected chi connectivity index (χ4v) is 2.99. The van der Waals surface area contributed by atoms with Gasteiger partial charge in [-0.15, -0.1) is 11.8 Å². The van der Waals surface area contributed by atoms with E-state index < -0.39 is 0 Å². The molecule has 1 unspecified atom stereocenters. The Labute approximate surface area is 101 Å². The van der Waals surface area contributed by atoms with E-state index in [2.05, 4.69) is 37.5 Å². The topological polar surface area (TPSA) is 23.9 Å². The molecule has 0 fully saturated rings. The van der Waals surface area contributed by atoms with E-state index in [1.54, 1.807) is 11.8 Å². The Morgan fingerprint density at radius 1 is 1.38 bits per heavy atom. The predicted molar refractivity (Wildman–Crippen MR) is 71.8 cm³/mol. The lowest BCUT2D eigenvalue weighted by atomic mass is 9.88. The number of benzene rings is 1. The van der Waals surface area contributed by atoms with Crippen LogP contribution < -0.4 is 0 Å². The zero-order valence-corrected chi connectivity index (χ0v) is 10.6. The molecule has 0 amide bonds. The number of allylic oxidation sites excluding steroid dienone is 2. The highest BCUT2D eigenvalue weighted by Gasteiger charge is 2.17. The molecule has 16 heavy (non-hydrogen) atoms. The second-order valence-corrected chi connectivity index (χ2v) is 5.06. The van der Waals surface area contributed by atoms with E-state index in [0.717, 1.165) is 12.0 Å². The molecule has 0 saturated heterocycles. The van der Waals surface area contributed by atoms with Crippen molar-refractivity contribution in [3.05, 3.63) is 41.5 Å². The van der Waals surface area contributed by atoms with Crippen molar-refractivity contribution in [2.24, 2.45) is 0 Å². The first kappa shape index (κ1) is 11.5. The highest BCUT2D eigenvalue weighted by Crippen LogP contribution is 2.34. The van der Waals surface area contributed by atoms with Crippen LogP contribution in [0.4, 0.5) is 0 Å². The van der Waals surface area contributed by atoms with Crippen molar-refractivity contribution >= 4 is 17.5 Å². The van der Waals surface area contributed by atoms with E-state index in [-0.39, 0.29) is 0 Å². The normalized spacial score (nSPS) is 22.1. The predicted octanol–water partition coefficient (Wildman–Crippen LogP) is 4.23. The minimum absolute atomic E-state index is 0.545. The minimum Gasteiger partial charge on any atom is -0.300 e. The van der Waals surface area contributed by atoms with Crippen molar-refractivity contribution in [3.63, 3.8) is 0 Å². The standard InChI is InChI=1S/C14H17NS/c1-10-6-3-4-8-12(15)11-7-5-9-13(16-2)14(10)11/h4-5,7-10,15H,3,6H2,1-2H3/b8-4-,15-12?. The van der Waals surface area contributed by atoms with E-state index in [1.165, 1.54) is 16.9 Å². The number of hydrogen-bond donors (Lipinski definition) is 1. The minimum atomic E-state index is 0.545. The van der Waals surface area contributed by atoms with Crippen LogP contribution in [0, 0.1) is 5.41 Å². The molecule has 0 saturated carbocycles. The Morgan fingerprint density at radius 3 is 2.94 bits per heavy atom. The maximum atomic E-state index is 8.07. The molecule has 84 valence electrons. The fourth-order valence-electron chi connectivity index (χ4n) is 2.25. The number of fused-ring (bicyclic) bond motifs is 1. The van der Waals surface area contributed by atoms with Crippen LogP contribution in [0.3, 0.4) is 0 Å². The third-order valence-corrected chi connectivity index (χ3v) is 3.92. The Kier molecular flexibility index (Phi) is 3.49. The number of hydrogen-bond acceptors (Lipinski definition) is 2. The SMILES string of the molecule is CSc1cccc2c1C(C)CC/C=C\C2=N. The van der Waals surface area contributed by atoms with Gasteiger partial charge in [-0.1, -0.05) is 25.1 Å². The largest absolute Gasteiger partial charge is 0.300 e. The van der Waals surface area contributed by atoms with Gasteiger partial charge < -0.3 is 5.41 Å². The first-order valence-electron chi connectivity index (χ1n) is 5.66. The maximum absolute atomic E-state index is 8.07. The molecule has 2 rings (SSSR count). The van der Waals surface area contributed by atoms with Gasteiger partial charge in [0.25, 0.3) is 0 Å². The molecule has 1 N–H and O–H groups in total. The van der Waals surface area contributed by atoms with Crippen molar-refractivity contribution in [1.82, 2.24) is 0 Å². The van der Waals surface area contributed by atoms with Crippen molar-refractivity contribution in [2.45, 2.75) is 30.6 Å². The van der Waals surface area contributed by atoms with Crippen LogP contribution in [-0.4, -0.2) is 12.0 Å². The van der Waals surface area contributed by atoms with Gasteiger partial charge in [-0.05, 0) is 42.7 Å². The highest BCUT2D eigenvalue weighted by molar-refractivity contribution is 7.98. The molecule has 1 aromatic carbocycles. The van der Waals surface area contributed by atoms with Crippen molar-refractivity contribution < 1.29 is 0 Å². The third-order valence-electron chi connectivity index (χ3n) is 3.12. The first-order valence-corrected chi connectivity index (χ1v) is 6.89. The van der Waals surface area contributed by atoms with Gasteiger partial charge in [-0.3, -0.25) is 0 Å². The zero-order valence-electron chi connectivity index (χ0n) is 9.79. The van der Waals surface area contributed by atoms with Crippen LogP contribution in [0.25, 0.3) is 0 Å². The summed E-state index contributed by atoms with van der Waals surface area (Å²) in [4.78, 5) is 1.32. The molecule has 0 radical (unpaired) electrons. The molecule has 0 aliphatic heterocycles. The molecule has 2 heteroatoms. The Hall–Kier alpha value is -1.02. The van der Waals surface area contributed by atoms with Gasteiger partial charge in [-0.25, -0.2) is 0 Å². The van der Waals surface area contributed by atoms with Crippen LogP contribution in [0.5, 0.6) is 0 Å². The maximum Gasteiger partial charge on any atom is 0.0612 e. The van der Waals surface area contributed by atoms with Gasteiger partial charge in [-0.2, -0.15) is 0 Å². The average molecular weight is 231 g/mol. The van der Waals surface area contributed by atoms with Gasteiger partial charge in [0, 0.05) is 10.5 Å². The van der Waals surface area contributed by atoms with Crippen LogP contribution in [0.1, 0.15) is 36.8 Å². The summed E-state index contributed by atoms with van der Waals surface area (Å²) >= 11 is 1.78. The van der Waals surface area contributed by atoms with Gasteiger partial charge in [0.1, 0.15) is 0 Å². The summed E-state index contributed by atoms with van der Waals surface area (Å²) in [7, 11) is 0. The van der Waals surface area contributed by atoms with Gasteiger partial charge in [0.05, 0.1) is 5.71 Å². The number of thioether (sulfide) groups is 1. The smallest absolute Gasteiger partial charge is 0.0612 e. The summed E-state index contributed by atoms with van der Waals surface area (Å²) < 4.78 is 0. The van der Waals surface area contributed by atoms with Crippen LogP contribution in [0.15, 0.2) is 35.2 Å². The summed E-state index contributed by atoms with van der Waals surface area (Å²) in [5, 5.41) is 8.07. The van der Waals surface area contributed by atoms with Crippen LogP contribution in [-0.2, 0) is 0 Å². The molecule has 1 aliphatic rings. The van der Waals surface area contributed by atoms with Crippen molar-refractivity contribution in [1.29, 1.82) is 5.41 Å². The quantitative estimate of drug-likeness (QED) is 0.718. The first-order chi connectivity index (χ1) is 7.74. The van der Waals surface area contributed by atoms with E-state index in [4.69, 9.17) is 5.41 Å². The summed E-state index contributed by atoms with van der Waals surface area (Å²) in [5.74, 6) is 0.545. The molecule has 1 nitrogen and oxygen atoms in total. The second-order valence-electron chi connectivity index (χ2n) is 4.22. The van der Waals surface area contributed by atoms with Gasteiger partial charge in [0.2, 0.25) is 0 Å². The summed E-state index contributed by atoms with van der Waals surface area (Å²) in [5.41, 5.74) is 3.12. The van der Waals surface area contributed by atoms with Crippen molar-refractivity contribution in [3.8, 4) is 0 Å². The van der Waals surface area contributed by atoms with Crippen LogP contribution in [0.2, 0.25) is 0 Å². The van der Waals surface area contributed by atoms with E-state index in [9.17, 15) is 0 Å². The molecule has 1 aromatic rings. The van der Waals surface area contributed by atoms with Crippen LogP contribution >= 0.6 is 11.8 Å². The molecule has 0 bridgehead atoms. The summed E-state index contributed by atoms with van der Waals surface area (Å²) in [6.45, 7) is 2.27. The Bertz CT molecular complexity index is 434. The third kappa shape index (κ3) is 2.07. The Balaban J connectivity index is 2.60. The average Bonchev–Trinajstić information content (AvgIpc) is 2.31. The Morgan fingerprint density at radius 2 is 2.19 bits per heavy atom. The van der Waals surface area contributed by atoms with E-state index >= 15 is 0 Å². The van der Waals surface area contributed by atoms with Gasteiger partial charge in [0.15, 0.2) is 0 Å². The lowest BCUT2D eigenvalue weighted by Crippen LogP contribution is -2.08. The molecular formula is C14H17NS. The summed E-state index contributed by atoms with van der Waals surface area (Å²) in [6, 6.07) is 6.30. The number of nitrogens with one attached hydrogen (secondary N) is 1. The summed E-state index contributed by atoms with van der Waals surface area (Å²) in [6.07, 6.45) is 8.42. The molecule has 1 atom stereocenters. The lowest BCUT2D eigenvalue weighted by molar-refractivity contribution is 0.676. The molecular weight excluding hydrogens is 214 g/mol. The second kappa shape index (κ2) is 4.88. The van der Waals surface area contributed by atoms with Gasteiger partial charge >= 0.3 is 0 Å². The van der Waals surface area contributed by atoms with E-state index in [0.29, 0.717) is 11.6 Å². The monoisotopic (exact) mass is 231 g/mol. The van der Waals surface area contributed by atoms with Crippen molar-refractivity contribution in [2.75, 3.05) is 6.26 Å². The number of rotatable bonds is 1. The molecule has 1 aliphatic carbocycles. The lowest BCUT2D eigenvalue weighted by Gasteiger charge is -2.20. The fraction of sp³-hybridized carbons (Fsp3) is 0.357.